The predicted molar refractivity (Wildman–Crippen MR) is 87.2 cm³/mol. The average Bonchev–Trinajstić information content (AvgIpc) is 3.25. The molecule has 1 amide bonds. The highest BCUT2D eigenvalue weighted by Crippen LogP contribution is 2.28. The van der Waals surface area contributed by atoms with Gasteiger partial charge >= 0.3 is 5.97 Å². The Hall–Kier alpha value is -2.19. The molecule has 2 heterocycles. The van der Waals surface area contributed by atoms with Crippen LogP contribution in [-0.2, 0) is 9.53 Å². The number of amides is 1. The molecule has 122 valence electrons. The maximum Gasteiger partial charge on any atom is 0.354 e. The zero-order chi connectivity index (χ0) is 16.4. The fraction of sp³-hybridized carbons (Fsp3) is 0.400. The third kappa shape index (κ3) is 3.43. The van der Waals surface area contributed by atoms with Crippen molar-refractivity contribution in [3.05, 3.63) is 23.3 Å². The van der Waals surface area contributed by atoms with Gasteiger partial charge in [-0.1, -0.05) is 0 Å². The molecule has 0 saturated heterocycles. The minimum Gasteiger partial charge on any atom is -0.464 e. The van der Waals surface area contributed by atoms with E-state index in [0.29, 0.717) is 16.5 Å². The second kappa shape index (κ2) is 6.51. The summed E-state index contributed by atoms with van der Waals surface area (Å²) in [6, 6.07) is 1.79. The van der Waals surface area contributed by atoms with Gasteiger partial charge in [0, 0.05) is 29.1 Å². The van der Waals surface area contributed by atoms with Gasteiger partial charge in [-0.3, -0.25) is 4.79 Å². The van der Waals surface area contributed by atoms with E-state index in [1.807, 2.05) is 5.38 Å². The molecule has 2 atom stereocenters. The molecule has 2 unspecified atom stereocenters. The van der Waals surface area contributed by atoms with Crippen molar-refractivity contribution in [3.63, 3.8) is 0 Å². The van der Waals surface area contributed by atoms with E-state index < -0.39 is 5.97 Å². The van der Waals surface area contributed by atoms with Crippen molar-refractivity contribution in [2.45, 2.75) is 25.3 Å². The number of thiazole rings is 1. The van der Waals surface area contributed by atoms with Gasteiger partial charge in [0.25, 0.3) is 0 Å². The van der Waals surface area contributed by atoms with Crippen molar-refractivity contribution < 1.29 is 14.3 Å². The van der Waals surface area contributed by atoms with Crippen molar-refractivity contribution in [1.82, 2.24) is 9.97 Å². The van der Waals surface area contributed by atoms with Crippen molar-refractivity contribution >= 4 is 28.3 Å². The Bertz CT molecular complexity index is 724. The lowest BCUT2D eigenvalue weighted by Crippen LogP contribution is -2.23. The van der Waals surface area contributed by atoms with Gasteiger partial charge in [-0.25, -0.2) is 9.78 Å². The Balaban J connectivity index is 1.67. The van der Waals surface area contributed by atoms with Crippen LogP contribution in [0.1, 0.15) is 29.8 Å². The number of nitrogens with zero attached hydrogens (tertiary/aromatic N) is 1. The number of carbonyl (C=O) groups excluding carboxylic acids is 2. The van der Waals surface area contributed by atoms with Crippen LogP contribution in [0, 0.1) is 5.92 Å². The van der Waals surface area contributed by atoms with Crippen LogP contribution in [0.4, 0.5) is 5.13 Å². The number of aromatic amines is 1. The van der Waals surface area contributed by atoms with Crippen molar-refractivity contribution in [2.75, 3.05) is 12.4 Å². The lowest BCUT2D eigenvalue weighted by Gasteiger charge is -2.08. The van der Waals surface area contributed by atoms with Gasteiger partial charge in [-0.15, -0.1) is 11.3 Å². The molecule has 23 heavy (non-hydrogen) atoms. The molecule has 3 rings (SSSR count). The van der Waals surface area contributed by atoms with Gasteiger partial charge in [0.2, 0.25) is 5.91 Å². The number of carbonyl (C=O) groups is 2. The molecule has 1 aliphatic rings. The number of hydrogen-bond donors (Lipinski definition) is 3. The molecular formula is C15H18N4O3S. The van der Waals surface area contributed by atoms with E-state index in [0.717, 1.165) is 24.8 Å². The number of methoxy groups -OCH3 is 1. The lowest BCUT2D eigenvalue weighted by atomic mass is 10.1. The number of aromatic nitrogens is 2. The number of rotatable bonds is 4. The third-order valence-electron chi connectivity index (χ3n) is 3.96. The van der Waals surface area contributed by atoms with Crippen LogP contribution in [0.3, 0.4) is 0 Å². The predicted octanol–water partition coefficient (Wildman–Crippen LogP) is 1.99. The molecule has 0 aromatic carbocycles. The lowest BCUT2D eigenvalue weighted by molar-refractivity contribution is -0.119. The van der Waals surface area contributed by atoms with Gasteiger partial charge in [-0.05, 0) is 25.3 Å². The number of hydrogen-bond acceptors (Lipinski definition) is 6. The average molecular weight is 334 g/mol. The van der Waals surface area contributed by atoms with Crippen LogP contribution in [0.15, 0.2) is 17.6 Å². The molecule has 4 N–H and O–H groups in total. The fourth-order valence-electron chi connectivity index (χ4n) is 2.70. The minimum absolute atomic E-state index is 0.0248. The summed E-state index contributed by atoms with van der Waals surface area (Å²) >= 11 is 1.35. The molecule has 0 spiro atoms. The number of nitrogens with one attached hydrogen (secondary N) is 2. The molecule has 8 heteroatoms. The Morgan fingerprint density at radius 1 is 1.48 bits per heavy atom. The summed E-state index contributed by atoms with van der Waals surface area (Å²) in [6.07, 6.45) is 4.12. The molecule has 1 fully saturated rings. The maximum absolute atomic E-state index is 12.2. The van der Waals surface area contributed by atoms with Crippen LogP contribution >= 0.6 is 11.3 Å². The fourth-order valence-corrected chi connectivity index (χ4v) is 3.42. The van der Waals surface area contributed by atoms with E-state index in [-0.39, 0.29) is 17.9 Å². The number of nitrogens with two attached hydrogens (primary N) is 1. The van der Waals surface area contributed by atoms with E-state index in [4.69, 9.17) is 5.73 Å². The molecule has 2 aromatic rings. The highest BCUT2D eigenvalue weighted by Gasteiger charge is 2.28. The van der Waals surface area contributed by atoms with Crippen LogP contribution in [0.5, 0.6) is 0 Å². The first-order valence-corrected chi connectivity index (χ1v) is 8.24. The first-order chi connectivity index (χ1) is 11.1. The van der Waals surface area contributed by atoms with Gasteiger partial charge in [-0.2, -0.15) is 0 Å². The van der Waals surface area contributed by atoms with Crippen LogP contribution < -0.4 is 11.1 Å². The third-order valence-corrected chi connectivity index (χ3v) is 4.72. The molecule has 1 saturated carbocycles. The Morgan fingerprint density at radius 3 is 3.00 bits per heavy atom. The molecular weight excluding hydrogens is 316 g/mol. The Kier molecular flexibility index (Phi) is 4.44. The molecule has 0 radical (unpaired) electrons. The largest absolute Gasteiger partial charge is 0.464 e. The first kappa shape index (κ1) is 15.7. The highest BCUT2D eigenvalue weighted by molar-refractivity contribution is 7.14. The van der Waals surface area contributed by atoms with E-state index in [1.165, 1.54) is 18.4 Å². The van der Waals surface area contributed by atoms with Crippen molar-refractivity contribution in [1.29, 1.82) is 0 Å². The van der Waals surface area contributed by atoms with Crippen LogP contribution in [0.2, 0.25) is 0 Å². The number of H-pyrrole nitrogens is 1. The minimum atomic E-state index is -0.433. The van der Waals surface area contributed by atoms with E-state index in [2.05, 4.69) is 20.0 Å². The SMILES string of the molecule is COC(=O)c1cc(-c2csc(NC(=O)C3CCC(N)C3)n2)c[nH]1. The first-order valence-electron chi connectivity index (χ1n) is 7.36. The molecule has 1 aliphatic carbocycles. The van der Waals surface area contributed by atoms with Crippen molar-refractivity contribution in [3.8, 4) is 11.3 Å². The normalized spacial score (nSPS) is 20.4. The van der Waals surface area contributed by atoms with E-state index in [9.17, 15) is 9.59 Å². The van der Waals surface area contributed by atoms with Gasteiger partial charge < -0.3 is 20.8 Å². The standard InChI is InChI=1S/C15H18N4O3S/c1-22-14(21)11-5-9(6-17-11)12-7-23-15(18-12)19-13(20)8-2-3-10(16)4-8/h5-8,10,17H,2-4,16H2,1H3,(H,18,19,20). The Morgan fingerprint density at radius 2 is 2.30 bits per heavy atom. The topological polar surface area (TPSA) is 110 Å². The smallest absolute Gasteiger partial charge is 0.354 e. The van der Waals surface area contributed by atoms with Crippen LogP contribution in [0.25, 0.3) is 11.3 Å². The second-order valence-electron chi connectivity index (χ2n) is 5.59. The van der Waals surface area contributed by atoms with Gasteiger partial charge in [0.1, 0.15) is 5.69 Å². The zero-order valence-electron chi connectivity index (χ0n) is 12.7. The molecule has 0 aliphatic heterocycles. The Labute approximate surface area is 137 Å². The quantitative estimate of drug-likeness (QED) is 0.741. The summed E-state index contributed by atoms with van der Waals surface area (Å²) in [4.78, 5) is 30.9. The summed E-state index contributed by atoms with van der Waals surface area (Å²) in [5.74, 6) is -0.490. The van der Waals surface area contributed by atoms with Gasteiger partial charge in [0.15, 0.2) is 5.13 Å². The van der Waals surface area contributed by atoms with E-state index >= 15 is 0 Å². The summed E-state index contributed by atoms with van der Waals surface area (Å²) in [5, 5.41) is 5.23. The highest BCUT2D eigenvalue weighted by atomic mass is 32.1. The van der Waals surface area contributed by atoms with Gasteiger partial charge in [0.05, 0.1) is 12.8 Å². The second-order valence-corrected chi connectivity index (χ2v) is 6.45. The van der Waals surface area contributed by atoms with Crippen LogP contribution in [-0.4, -0.2) is 35.0 Å². The molecule has 0 bridgehead atoms. The van der Waals surface area contributed by atoms with Crippen molar-refractivity contribution in [2.24, 2.45) is 11.7 Å². The number of esters is 1. The van der Waals surface area contributed by atoms with E-state index in [1.54, 1.807) is 12.3 Å². The number of ether oxygens (including phenoxy) is 1. The maximum atomic E-state index is 12.2. The number of anilines is 1. The summed E-state index contributed by atoms with van der Waals surface area (Å²) in [5.41, 5.74) is 7.67. The monoisotopic (exact) mass is 334 g/mol. The summed E-state index contributed by atoms with van der Waals surface area (Å²) < 4.78 is 4.65. The summed E-state index contributed by atoms with van der Waals surface area (Å²) in [6.45, 7) is 0. The zero-order valence-corrected chi connectivity index (χ0v) is 13.5. The molecule has 2 aromatic heterocycles. The summed E-state index contributed by atoms with van der Waals surface area (Å²) in [7, 11) is 1.33. The molecule has 7 nitrogen and oxygen atoms in total.